The largest absolute Gasteiger partial charge is 0.481 e. The van der Waals surface area contributed by atoms with Crippen LogP contribution in [0.15, 0.2) is 30.3 Å². The Hall–Kier alpha value is -2.08. The molecule has 1 heterocycles. The summed E-state index contributed by atoms with van der Waals surface area (Å²) in [6.45, 7) is 2.85. The number of nitrogens with one attached hydrogen (secondary N) is 1. The number of amides is 2. The minimum Gasteiger partial charge on any atom is -0.481 e. The lowest BCUT2D eigenvalue weighted by Gasteiger charge is -2.35. The molecule has 1 aromatic carbocycles. The molecule has 6 nitrogen and oxygen atoms in total. The second-order valence-electron chi connectivity index (χ2n) is 6.56. The van der Waals surface area contributed by atoms with Crippen LogP contribution < -0.4 is 5.32 Å². The number of carbonyl (C=O) groups excluding carboxylic acids is 1. The van der Waals surface area contributed by atoms with Crippen molar-refractivity contribution in [3.63, 3.8) is 0 Å². The van der Waals surface area contributed by atoms with E-state index in [-0.39, 0.29) is 31.1 Å². The van der Waals surface area contributed by atoms with Gasteiger partial charge in [0.1, 0.15) is 0 Å². The summed E-state index contributed by atoms with van der Waals surface area (Å²) in [5, 5.41) is 21.3. The molecule has 1 aliphatic heterocycles. The zero-order chi connectivity index (χ0) is 17.5. The summed E-state index contributed by atoms with van der Waals surface area (Å²) in [5.41, 5.74) is 0.985. The van der Waals surface area contributed by atoms with E-state index in [2.05, 4.69) is 5.32 Å². The molecule has 1 fully saturated rings. The standard InChI is InChI=1S/C18H26N2O4/c1-13-10-15(17(22)23)12-20(11-13)18(24)19-16(8-5-9-21)14-6-3-2-4-7-14/h2-4,6-7,13,15-16,21H,5,8-12H2,1H3,(H,19,24)(H,22,23). The number of carboxylic acid groups (broad SMARTS) is 1. The van der Waals surface area contributed by atoms with Crippen LogP contribution in [-0.2, 0) is 4.79 Å². The molecular formula is C18H26N2O4. The fourth-order valence-corrected chi connectivity index (χ4v) is 3.24. The van der Waals surface area contributed by atoms with Gasteiger partial charge >= 0.3 is 12.0 Å². The van der Waals surface area contributed by atoms with Crippen molar-refractivity contribution in [2.24, 2.45) is 11.8 Å². The summed E-state index contributed by atoms with van der Waals surface area (Å²) in [6, 6.07) is 9.21. The minimum absolute atomic E-state index is 0.0705. The van der Waals surface area contributed by atoms with Crippen molar-refractivity contribution in [1.82, 2.24) is 10.2 Å². The first-order valence-corrected chi connectivity index (χ1v) is 8.45. The average Bonchev–Trinajstić information content (AvgIpc) is 2.58. The normalized spacial score (nSPS) is 22.0. The molecule has 1 saturated heterocycles. The topological polar surface area (TPSA) is 89.9 Å². The van der Waals surface area contributed by atoms with Crippen LogP contribution in [0, 0.1) is 11.8 Å². The molecule has 0 aromatic heterocycles. The van der Waals surface area contributed by atoms with Crippen molar-refractivity contribution in [2.75, 3.05) is 19.7 Å². The Kier molecular flexibility index (Phi) is 6.61. The number of aliphatic hydroxyl groups excluding tert-OH is 1. The van der Waals surface area contributed by atoms with Gasteiger partial charge in [0.15, 0.2) is 0 Å². The third kappa shape index (κ3) is 4.96. The fourth-order valence-electron chi connectivity index (χ4n) is 3.24. The Bertz CT molecular complexity index is 549. The van der Waals surface area contributed by atoms with Gasteiger partial charge in [-0.15, -0.1) is 0 Å². The van der Waals surface area contributed by atoms with E-state index >= 15 is 0 Å². The van der Waals surface area contributed by atoms with E-state index < -0.39 is 11.9 Å². The smallest absolute Gasteiger partial charge is 0.317 e. The van der Waals surface area contributed by atoms with Gasteiger partial charge in [0.25, 0.3) is 0 Å². The lowest BCUT2D eigenvalue weighted by molar-refractivity contribution is -0.143. The highest BCUT2D eigenvalue weighted by Crippen LogP contribution is 2.23. The van der Waals surface area contributed by atoms with Gasteiger partial charge in [0, 0.05) is 19.7 Å². The van der Waals surface area contributed by atoms with Crippen LogP contribution in [0.4, 0.5) is 4.79 Å². The molecule has 132 valence electrons. The van der Waals surface area contributed by atoms with E-state index in [4.69, 9.17) is 5.11 Å². The molecule has 24 heavy (non-hydrogen) atoms. The molecule has 0 bridgehead atoms. The van der Waals surface area contributed by atoms with Crippen molar-refractivity contribution >= 4 is 12.0 Å². The number of piperidine rings is 1. The van der Waals surface area contributed by atoms with Gasteiger partial charge in [0.05, 0.1) is 12.0 Å². The molecule has 1 aliphatic rings. The second-order valence-corrected chi connectivity index (χ2v) is 6.56. The van der Waals surface area contributed by atoms with Crippen molar-refractivity contribution in [1.29, 1.82) is 0 Å². The van der Waals surface area contributed by atoms with Crippen LogP contribution in [-0.4, -0.2) is 46.8 Å². The highest BCUT2D eigenvalue weighted by molar-refractivity contribution is 5.77. The SMILES string of the molecule is CC1CC(C(=O)O)CN(C(=O)NC(CCCO)c2ccccc2)C1. The zero-order valence-electron chi connectivity index (χ0n) is 14.0. The monoisotopic (exact) mass is 334 g/mol. The van der Waals surface area contributed by atoms with Crippen molar-refractivity contribution in [3.05, 3.63) is 35.9 Å². The molecular weight excluding hydrogens is 308 g/mol. The maximum Gasteiger partial charge on any atom is 0.317 e. The van der Waals surface area contributed by atoms with Crippen molar-refractivity contribution in [3.8, 4) is 0 Å². The molecule has 2 rings (SSSR count). The first-order valence-electron chi connectivity index (χ1n) is 8.45. The molecule has 0 radical (unpaired) electrons. The average molecular weight is 334 g/mol. The van der Waals surface area contributed by atoms with E-state index in [1.54, 1.807) is 4.90 Å². The Balaban J connectivity index is 2.05. The highest BCUT2D eigenvalue weighted by Gasteiger charge is 2.32. The summed E-state index contributed by atoms with van der Waals surface area (Å²) in [4.78, 5) is 25.5. The first kappa shape index (κ1) is 18.3. The van der Waals surface area contributed by atoms with Gasteiger partial charge in [-0.05, 0) is 30.7 Å². The van der Waals surface area contributed by atoms with E-state index in [0.717, 1.165) is 5.56 Å². The number of likely N-dealkylation sites (tertiary alicyclic amines) is 1. The Morgan fingerprint density at radius 2 is 2.00 bits per heavy atom. The summed E-state index contributed by atoms with van der Waals surface area (Å²) >= 11 is 0. The minimum atomic E-state index is -0.848. The lowest BCUT2D eigenvalue weighted by Crippen LogP contribution is -2.50. The number of carboxylic acids is 1. The molecule has 2 amide bonds. The fraction of sp³-hybridized carbons (Fsp3) is 0.556. The van der Waals surface area contributed by atoms with E-state index in [0.29, 0.717) is 25.8 Å². The lowest BCUT2D eigenvalue weighted by atomic mass is 9.91. The number of aliphatic carboxylic acids is 1. The van der Waals surface area contributed by atoms with Gasteiger partial charge in [0.2, 0.25) is 0 Å². The number of hydrogen-bond acceptors (Lipinski definition) is 3. The molecule has 6 heteroatoms. The molecule has 0 spiro atoms. The molecule has 1 aromatic rings. The summed E-state index contributed by atoms with van der Waals surface area (Å²) in [6.07, 6.45) is 1.83. The van der Waals surface area contributed by atoms with Crippen LogP contribution >= 0.6 is 0 Å². The maximum absolute atomic E-state index is 12.6. The molecule has 3 unspecified atom stereocenters. The van der Waals surface area contributed by atoms with E-state index in [1.807, 2.05) is 37.3 Å². The number of hydrogen-bond donors (Lipinski definition) is 3. The van der Waals surface area contributed by atoms with Gasteiger partial charge in [-0.25, -0.2) is 4.79 Å². The van der Waals surface area contributed by atoms with Gasteiger partial charge in [-0.3, -0.25) is 4.79 Å². The quantitative estimate of drug-likeness (QED) is 0.744. The molecule has 3 N–H and O–H groups in total. The Morgan fingerprint density at radius 3 is 2.62 bits per heavy atom. The van der Waals surface area contributed by atoms with E-state index in [1.165, 1.54) is 0 Å². The van der Waals surface area contributed by atoms with Crippen molar-refractivity contribution < 1.29 is 19.8 Å². The maximum atomic E-state index is 12.6. The number of carbonyl (C=O) groups is 2. The van der Waals surface area contributed by atoms with Crippen LogP contribution in [0.25, 0.3) is 0 Å². The summed E-state index contributed by atoms with van der Waals surface area (Å²) in [7, 11) is 0. The predicted octanol–water partition coefficient (Wildman–Crippen LogP) is 2.25. The van der Waals surface area contributed by atoms with Crippen LogP contribution in [0.5, 0.6) is 0 Å². The Morgan fingerprint density at radius 1 is 1.29 bits per heavy atom. The predicted molar refractivity (Wildman–Crippen MR) is 90.5 cm³/mol. The third-order valence-corrected chi connectivity index (χ3v) is 4.45. The number of urea groups is 1. The number of benzene rings is 1. The van der Waals surface area contributed by atoms with Crippen LogP contribution in [0.2, 0.25) is 0 Å². The summed E-state index contributed by atoms with van der Waals surface area (Å²) in [5.74, 6) is -1.19. The van der Waals surface area contributed by atoms with E-state index in [9.17, 15) is 14.7 Å². The molecule has 0 aliphatic carbocycles. The number of rotatable bonds is 6. The van der Waals surface area contributed by atoms with Crippen LogP contribution in [0.3, 0.4) is 0 Å². The van der Waals surface area contributed by atoms with Crippen LogP contribution in [0.1, 0.15) is 37.8 Å². The first-order chi connectivity index (χ1) is 11.5. The molecule has 3 atom stereocenters. The number of aliphatic hydroxyl groups is 1. The highest BCUT2D eigenvalue weighted by atomic mass is 16.4. The van der Waals surface area contributed by atoms with Gasteiger partial charge in [-0.2, -0.15) is 0 Å². The molecule has 0 saturated carbocycles. The van der Waals surface area contributed by atoms with Gasteiger partial charge < -0.3 is 20.4 Å². The Labute approximate surface area is 142 Å². The second kappa shape index (κ2) is 8.68. The van der Waals surface area contributed by atoms with Gasteiger partial charge in [-0.1, -0.05) is 37.3 Å². The third-order valence-electron chi connectivity index (χ3n) is 4.45. The zero-order valence-corrected chi connectivity index (χ0v) is 14.0. The van der Waals surface area contributed by atoms with Crippen molar-refractivity contribution in [2.45, 2.75) is 32.2 Å². The summed E-state index contributed by atoms with van der Waals surface area (Å²) < 4.78 is 0. The number of nitrogens with zero attached hydrogens (tertiary/aromatic N) is 1.